The van der Waals surface area contributed by atoms with Gasteiger partial charge < -0.3 is 9.52 Å². The van der Waals surface area contributed by atoms with Gasteiger partial charge in [-0.3, -0.25) is 4.90 Å². The van der Waals surface area contributed by atoms with Crippen molar-refractivity contribution in [3.05, 3.63) is 65.9 Å². The fourth-order valence-corrected chi connectivity index (χ4v) is 3.42. The monoisotopic (exact) mass is 349 g/mol. The predicted molar refractivity (Wildman–Crippen MR) is 109 cm³/mol. The van der Waals surface area contributed by atoms with Gasteiger partial charge in [0, 0.05) is 23.1 Å². The lowest BCUT2D eigenvalue weighted by molar-refractivity contribution is 0.291. The van der Waals surface area contributed by atoms with E-state index in [1.807, 2.05) is 31.2 Å². The Hall–Kier alpha value is -2.52. The number of furan rings is 1. The maximum absolute atomic E-state index is 11.0. The molecule has 0 amide bonds. The number of allylic oxidation sites excluding steroid dienone is 1. The van der Waals surface area contributed by atoms with Crippen LogP contribution in [0.2, 0.25) is 0 Å². The number of fused-ring (bicyclic) bond motifs is 1. The lowest BCUT2D eigenvalue weighted by atomic mass is 9.96. The van der Waals surface area contributed by atoms with Gasteiger partial charge in [0.1, 0.15) is 17.1 Å². The molecule has 0 spiro atoms. The molecule has 3 nitrogen and oxygen atoms in total. The van der Waals surface area contributed by atoms with Crippen LogP contribution in [0.15, 0.2) is 53.5 Å². The van der Waals surface area contributed by atoms with Crippen LogP contribution in [0.4, 0.5) is 0 Å². The van der Waals surface area contributed by atoms with E-state index in [0.717, 1.165) is 59.5 Å². The zero-order valence-corrected chi connectivity index (χ0v) is 15.9. The van der Waals surface area contributed by atoms with E-state index in [9.17, 15) is 5.11 Å². The topological polar surface area (TPSA) is 36.6 Å². The summed E-state index contributed by atoms with van der Waals surface area (Å²) in [7, 11) is 0. The summed E-state index contributed by atoms with van der Waals surface area (Å²) in [5, 5.41) is 12.0. The molecule has 1 aromatic heterocycles. The minimum Gasteiger partial charge on any atom is -0.507 e. The van der Waals surface area contributed by atoms with Crippen molar-refractivity contribution in [3.8, 4) is 16.9 Å². The Morgan fingerprint density at radius 3 is 2.58 bits per heavy atom. The molecule has 0 bridgehead atoms. The van der Waals surface area contributed by atoms with Crippen molar-refractivity contribution < 1.29 is 9.52 Å². The van der Waals surface area contributed by atoms with Crippen LogP contribution in [-0.4, -0.2) is 23.1 Å². The molecule has 3 rings (SSSR count). The number of aryl methyl sites for hydroxylation is 1. The van der Waals surface area contributed by atoms with Crippen LogP contribution < -0.4 is 0 Å². The van der Waals surface area contributed by atoms with Crippen molar-refractivity contribution in [3.63, 3.8) is 0 Å². The second-order valence-corrected chi connectivity index (χ2v) is 6.71. The summed E-state index contributed by atoms with van der Waals surface area (Å²) in [5.41, 5.74) is 4.87. The molecule has 0 saturated carbocycles. The van der Waals surface area contributed by atoms with Crippen molar-refractivity contribution in [2.75, 3.05) is 13.1 Å². The molecule has 0 saturated heterocycles. The summed E-state index contributed by atoms with van der Waals surface area (Å²) in [6.07, 6.45) is 2.69. The zero-order chi connectivity index (χ0) is 18.7. The molecule has 2 aromatic carbocycles. The molecule has 0 atom stereocenters. The minimum absolute atomic E-state index is 0.365. The fourth-order valence-electron chi connectivity index (χ4n) is 3.42. The van der Waals surface area contributed by atoms with E-state index in [1.165, 1.54) is 5.56 Å². The summed E-state index contributed by atoms with van der Waals surface area (Å²) in [6.45, 7) is 12.7. The second-order valence-electron chi connectivity index (χ2n) is 6.71. The molecule has 0 radical (unpaired) electrons. The number of hydrogen-bond donors (Lipinski definition) is 1. The van der Waals surface area contributed by atoms with Crippen LogP contribution >= 0.6 is 0 Å². The first-order chi connectivity index (χ1) is 12.5. The molecule has 0 aliphatic carbocycles. The van der Waals surface area contributed by atoms with E-state index in [-0.39, 0.29) is 0 Å². The highest BCUT2D eigenvalue weighted by Gasteiger charge is 2.14. The first-order valence-corrected chi connectivity index (χ1v) is 9.24. The maximum atomic E-state index is 11.0. The van der Waals surface area contributed by atoms with Gasteiger partial charge in [-0.15, -0.1) is 6.58 Å². The molecule has 0 aliphatic heterocycles. The van der Waals surface area contributed by atoms with E-state index in [0.29, 0.717) is 5.75 Å². The van der Waals surface area contributed by atoms with Crippen molar-refractivity contribution in [1.29, 1.82) is 0 Å². The number of hydrogen-bond acceptors (Lipinski definition) is 3. The van der Waals surface area contributed by atoms with Crippen LogP contribution in [0.5, 0.6) is 5.75 Å². The van der Waals surface area contributed by atoms with Crippen LogP contribution in [0.25, 0.3) is 22.1 Å². The number of aromatic hydroxyl groups is 1. The molecule has 26 heavy (non-hydrogen) atoms. The average Bonchev–Trinajstić information content (AvgIpc) is 3.01. The summed E-state index contributed by atoms with van der Waals surface area (Å²) in [6, 6.07) is 12.3. The largest absolute Gasteiger partial charge is 0.507 e. The Kier molecular flexibility index (Phi) is 5.48. The Balaban J connectivity index is 2.11. The highest BCUT2D eigenvalue weighted by Crippen LogP contribution is 2.36. The van der Waals surface area contributed by atoms with Gasteiger partial charge in [0.25, 0.3) is 0 Å². The van der Waals surface area contributed by atoms with Crippen LogP contribution in [0.3, 0.4) is 0 Å². The second kappa shape index (κ2) is 7.79. The average molecular weight is 349 g/mol. The SMILES string of the molecule is C=CCc1cc(CN(CC)CC)c(O)c(-c2ccc3oc(C)cc3c2)c1. The summed E-state index contributed by atoms with van der Waals surface area (Å²) in [5.74, 6) is 1.26. The number of rotatable bonds is 7. The van der Waals surface area contributed by atoms with E-state index in [1.54, 1.807) is 0 Å². The molecule has 136 valence electrons. The lowest BCUT2D eigenvalue weighted by Gasteiger charge is -2.20. The number of nitrogens with zero attached hydrogens (tertiary/aromatic N) is 1. The van der Waals surface area contributed by atoms with E-state index < -0.39 is 0 Å². The van der Waals surface area contributed by atoms with E-state index in [2.05, 4.69) is 43.5 Å². The predicted octanol–water partition coefficient (Wildman–Crippen LogP) is 5.68. The van der Waals surface area contributed by atoms with E-state index >= 15 is 0 Å². The molecule has 0 unspecified atom stereocenters. The molecule has 1 heterocycles. The van der Waals surface area contributed by atoms with Crippen molar-refractivity contribution in [1.82, 2.24) is 4.90 Å². The quantitative estimate of drug-likeness (QED) is 0.557. The molecular formula is C23H27NO2. The Morgan fingerprint density at radius 2 is 1.88 bits per heavy atom. The number of phenolic OH excluding ortho intramolecular Hbond substituents is 1. The molecule has 0 aliphatic rings. The highest BCUT2D eigenvalue weighted by molar-refractivity contribution is 5.86. The highest BCUT2D eigenvalue weighted by atomic mass is 16.3. The summed E-state index contributed by atoms with van der Waals surface area (Å²) >= 11 is 0. The van der Waals surface area contributed by atoms with Gasteiger partial charge in [-0.05, 0) is 61.8 Å². The molecular weight excluding hydrogens is 322 g/mol. The first kappa shape index (κ1) is 18.3. The molecule has 3 heteroatoms. The maximum Gasteiger partial charge on any atom is 0.134 e. The van der Waals surface area contributed by atoms with Crippen molar-refractivity contribution >= 4 is 11.0 Å². The number of benzene rings is 2. The van der Waals surface area contributed by atoms with Gasteiger partial charge in [-0.25, -0.2) is 0 Å². The van der Waals surface area contributed by atoms with Gasteiger partial charge in [-0.1, -0.05) is 32.1 Å². The summed E-state index contributed by atoms with van der Waals surface area (Å²) in [4.78, 5) is 2.30. The van der Waals surface area contributed by atoms with Gasteiger partial charge in [0.05, 0.1) is 0 Å². The smallest absolute Gasteiger partial charge is 0.134 e. The molecule has 3 aromatic rings. The fraction of sp³-hybridized carbons (Fsp3) is 0.304. The van der Waals surface area contributed by atoms with Gasteiger partial charge >= 0.3 is 0 Å². The van der Waals surface area contributed by atoms with Crippen LogP contribution in [-0.2, 0) is 13.0 Å². The third kappa shape index (κ3) is 3.68. The first-order valence-electron chi connectivity index (χ1n) is 9.24. The van der Waals surface area contributed by atoms with E-state index in [4.69, 9.17) is 4.42 Å². The molecule has 1 N–H and O–H groups in total. The van der Waals surface area contributed by atoms with Gasteiger partial charge in [0.2, 0.25) is 0 Å². The van der Waals surface area contributed by atoms with Gasteiger partial charge in [0.15, 0.2) is 0 Å². The Labute approximate surface area is 155 Å². The third-order valence-electron chi connectivity index (χ3n) is 4.87. The van der Waals surface area contributed by atoms with Crippen molar-refractivity contribution in [2.24, 2.45) is 0 Å². The van der Waals surface area contributed by atoms with Crippen LogP contribution in [0.1, 0.15) is 30.7 Å². The Bertz CT molecular complexity index is 919. The summed E-state index contributed by atoms with van der Waals surface area (Å²) < 4.78 is 5.67. The normalized spacial score (nSPS) is 11.4. The van der Waals surface area contributed by atoms with Gasteiger partial charge in [-0.2, -0.15) is 0 Å². The van der Waals surface area contributed by atoms with Crippen LogP contribution in [0, 0.1) is 6.92 Å². The minimum atomic E-state index is 0.365. The molecule has 0 fully saturated rings. The van der Waals surface area contributed by atoms with Crippen molar-refractivity contribution in [2.45, 2.75) is 33.7 Å². The lowest BCUT2D eigenvalue weighted by Crippen LogP contribution is -2.22. The number of phenols is 1. The standard InChI is InChI=1S/C23H27NO2/c1-5-8-17-12-20(15-24(6-2)7-3)23(25)21(13-17)18-9-10-22-19(14-18)11-16(4)26-22/h5,9-14,25H,1,6-8,15H2,2-4H3. The Morgan fingerprint density at radius 1 is 1.12 bits per heavy atom. The third-order valence-corrected chi connectivity index (χ3v) is 4.87. The zero-order valence-electron chi connectivity index (χ0n) is 15.9.